The number of nitro benzene ring substituents is 1. The van der Waals surface area contributed by atoms with Gasteiger partial charge in [0, 0.05) is 25.1 Å². The average Bonchev–Trinajstić information content (AvgIpc) is 3.21. The molecule has 2 atom stereocenters. The van der Waals surface area contributed by atoms with E-state index in [2.05, 4.69) is 0 Å². The van der Waals surface area contributed by atoms with Gasteiger partial charge in [-0.15, -0.1) is 0 Å². The Kier molecular flexibility index (Phi) is 7.90. The number of carbonyl (C=O) groups excluding carboxylic acids is 2. The Morgan fingerprint density at radius 1 is 1.19 bits per heavy atom. The molecule has 0 radical (unpaired) electrons. The number of amides is 1. The van der Waals surface area contributed by atoms with E-state index in [9.17, 15) is 46.4 Å². The number of nitro groups is 1. The fraction of sp³-hybridized carbons (Fsp3) is 0.364. The summed E-state index contributed by atoms with van der Waals surface area (Å²) in [6, 6.07) is 4.56. The number of aliphatic hydroxyl groups is 1. The number of nitrogens with zero attached hydrogens (tertiary/aromatic N) is 2. The molecule has 3 rings (SSSR count). The monoisotopic (exact) mass is 545 g/mol. The second kappa shape index (κ2) is 10.4. The predicted octanol–water partition coefficient (Wildman–Crippen LogP) is 2.54. The number of anilines is 1. The van der Waals surface area contributed by atoms with Crippen LogP contribution in [0.25, 0.3) is 0 Å². The van der Waals surface area contributed by atoms with E-state index in [1.54, 1.807) is 19.9 Å². The van der Waals surface area contributed by atoms with Crippen molar-refractivity contribution in [2.24, 2.45) is 0 Å². The van der Waals surface area contributed by atoms with Crippen LogP contribution < -0.4 is 5.32 Å². The van der Waals surface area contributed by atoms with Crippen LogP contribution >= 0.6 is 0 Å². The standard InChI is InChI=1S/C22H22F3N3O8S/c1-12-3-5-16(7-13(12)2)37(34,35)27-10-15(29)9-19(27)21(31)36-11-20(30)26-18-6-4-14(28(32)33)8-17(18)22(23,24)25/h3-8,15,19,29H,9-11H2,1-2H3,(H,26,30)/t15-,19+/m0/s1. The van der Waals surface area contributed by atoms with E-state index in [0.29, 0.717) is 11.6 Å². The van der Waals surface area contributed by atoms with Crippen LogP contribution in [-0.4, -0.2) is 59.9 Å². The molecule has 0 saturated carbocycles. The number of hydrogen-bond acceptors (Lipinski definition) is 8. The number of hydrogen-bond donors (Lipinski definition) is 2. The maximum atomic E-state index is 13.3. The molecule has 1 fully saturated rings. The molecular formula is C22H22F3N3O8S. The zero-order chi connectivity index (χ0) is 27.7. The molecule has 1 saturated heterocycles. The van der Waals surface area contributed by atoms with Gasteiger partial charge in [-0.05, 0) is 43.2 Å². The number of esters is 1. The number of carbonyl (C=O) groups is 2. The Balaban J connectivity index is 1.73. The summed E-state index contributed by atoms with van der Waals surface area (Å²) in [6.07, 6.45) is -6.54. The van der Waals surface area contributed by atoms with Crippen LogP contribution in [0, 0.1) is 24.0 Å². The molecule has 0 unspecified atom stereocenters. The minimum atomic E-state index is -5.03. The molecule has 2 aromatic carbocycles. The first kappa shape index (κ1) is 28.0. The first-order valence-corrected chi connectivity index (χ1v) is 12.1. The van der Waals surface area contributed by atoms with Crippen LogP contribution in [0.3, 0.4) is 0 Å². The van der Waals surface area contributed by atoms with E-state index in [4.69, 9.17) is 4.74 Å². The molecule has 200 valence electrons. The summed E-state index contributed by atoms with van der Waals surface area (Å²) < 4.78 is 71.7. The van der Waals surface area contributed by atoms with Crippen molar-refractivity contribution in [3.8, 4) is 0 Å². The molecule has 0 aromatic heterocycles. The molecule has 2 aromatic rings. The Labute approximate surface area is 209 Å². The number of β-amino-alcohol motifs (C(OH)–C–C–N with tert-alkyl or cyclic N) is 1. The molecule has 1 aliphatic heterocycles. The highest BCUT2D eigenvalue weighted by atomic mass is 32.2. The van der Waals surface area contributed by atoms with E-state index in [1.165, 1.54) is 12.1 Å². The molecule has 1 heterocycles. The van der Waals surface area contributed by atoms with Crippen molar-refractivity contribution in [2.45, 2.75) is 43.5 Å². The molecule has 1 aliphatic rings. The van der Waals surface area contributed by atoms with Crippen molar-refractivity contribution in [2.75, 3.05) is 18.5 Å². The lowest BCUT2D eigenvalue weighted by molar-refractivity contribution is -0.385. The Morgan fingerprint density at radius 2 is 1.86 bits per heavy atom. The predicted molar refractivity (Wildman–Crippen MR) is 122 cm³/mol. The topological polar surface area (TPSA) is 156 Å². The van der Waals surface area contributed by atoms with Gasteiger partial charge >= 0.3 is 12.1 Å². The first-order valence-electron chi connectivity index (χ1n) is 10.7. The van der Waals surface area contributed by atoms with E-state index < -0.39 is 75.2 Å². The Morgan fingerprint density at radius 3 is 2.46 bits per heavy atom. The van der Waals surface area contributed by atoms with Gasteiger partial charge in [0.15, 0.2) is 6.61 Å². The summed E-state index contributed by atoms with van der Waals surface area (Å²) >= 11 is 0. The molecule has 37 heavy (non-hydrogen) atoms. The number of non-ortho nitro benzene ring substituents is 1. The highest BCUT2D eigenvalue weighted by Gasteiger charge is 2.44. The summed E-state index contributed by atoms with van der Waals surface area (Å²) in [5.74, 6) is -2.38. The Bertz CT molecular complexity index is 1350. The number of alkyl halides is 3. The number of sulfonamides is 1. The van der Waals surface area contributed by atoms with Crippen LogP contribution in [0.2, 0.25) is 0 Å². The lowest BCUT2D eigenvalue weighted by atomic mass is 10.1. The van der Waals surface area contributed by atoms with Gasteiger partial charge in [0.05, 0.1) is 27.2 Å². The number of ether oxygens (including phenoxy) is 1. The summed E-state index contributed by atoms with van der Waals surface area (Å²) in [7, 11) is -4.23. The zero-order valence-electron chi connectivity index (χ0n) is 19.5. The van der Waals surface area contributed by atoms with Gasteiger partial charge < -0.3 is 15.2 Å². The van der Waals surface area contributed by atoms with Crippen molar-refractivity contribution in [1.82, 2.24) is 4.31 Å². The lowest BCUT2D eigenvalue weighted by Gasteiger charge is -2.23. The quantitative estimate of drug-likeness (QED) is 0.305. The molecular weight excluding hydrogens is 523 g/mol. The molecule has 0 aliphatic carbocycles. The lowest BCUT2D eigenvalue weighted by Crippen LogP contribution is -2.42. The second-order valence-electron chi connectivity index (χ2n) is 8.37. The van der Waals surface area contributed by atoms with Crippen LogP contribution in [0.15, 0.2) is 41.3 Å². The number of aliphatic hydroxyl groups excluding tert-OH is 1. The van der Waals surface area contributed by atoms with E-state index >= 15 is 0 Å². The van der Waals surface area contributed by atoms with Gasteiger partial charge in [-0.25, -0.2) is 8.42 Å². The highest BCUT2D eigenvalue weighted by Crippen LogP contribution is 2.37. The van der Waals surface area contributed by atoms with Crippen molar-refractivity contribution in [1.29, 1.82) is 0 Å². The molecule has 15 heteroatoms. The summed E-state index contributed by atoms with van der Waals surface area (Å²) in [5, 5.41) is 22.7. The molecule has 1 amide bonds. The number of halogens is 3. The largest absolute Gasteiger partial charge is 0.454 e. The molecule has 2 N–H and O–H groups in total. The van der Waals surface area contributed by atoms with Crippen LogP contribution in [0.1, 0.15) is 23.1 Å². The summed E-state index contributed by atoms with van der Waals surface area (Å²) in [6.45, 7) is 2.01. The van der Waals surface area contributed by atoms with Crippen molar-refractivity contribution in [3.63, 3.8) is 0 Å². The van der Waals surface area contributed by atoms with Gasteiger partial charge in [-0.1, -0.05) is 6.07 Å². The van der Waals surface area contributed by atoms with E-state index in [-0.39, 0.29) is 17.4 Å². The molecule has 0 bridgehead atoms. The van der Waals surface area contributed by atoms with Crippen LogP contribution in [-0.2, 0) is 30.5 Å². The van der Waals surface area contributed by atoms with Gasteiger partial charge in [-0.2, -0.15) is 17.5 Å². The van der Waals surface area contributed by atoms with Crippen LogP contribution in [0.4, 0.5) is 24.5 Å². The second-order valence-corrected chi connectivity index (χ2v) is 10.3. The minimum absolute atomic E-state index is 0.113. The fourth-order valence-electron chi connectivity index (χ4n) is 3.68. The number of aryl methyl sites for hydroxylation is 2. The maximum absolute atomic E-state index is 13.3. The van der Waals surface area contributed by atoms with E-state index in [1.807, 2.05) is 5.32 Å². The van der Waals surface area contributed by atoms with Crippen molar-refractivity contribution < 1.29 is 45.9 Å². The van der Waals surface area contributed by atoms with Crippen LogP contribution in [0.5, 0.6) is 0 Å². The summed E-state index contributed by atoms with van der Waals surface area (Å²) in [5.41, 5.74) is -1.60. The molecule has 11 nitrogen and oxygen atoms in total. The van der Waals surface area contributed by atoms with Gasteiger partial charge in [-0.3, -0.25) is 19.7 Å². The third-order valence-corrected chi connectivity index (χ3v) is 7.60. The first-order chi connectivity index (χ1) is 17.1. The highest BCUT2D eigenvalue weighted by molar-refractivity contribution is 7.89. The zero-order valence-corrected chi connectivity index (χ0v) is 20.3. The Hall–Kier alpha value is -3.56. The fourth-order valence-corrected chi connectivity index (χ4v) is 5.39. The van der Waals surface area contributed by atoms with Gasteiger partial charge in [0.2, 0.25) is 10.0 Å². The maximum Gasteiger partial charge on any atom is 0.418 e. The smallest absolute Gasteiger partial charge is 0.418 e. The van der Waals surface area contributed by atoms with Crippen molar-refractivity contribution >= 4 is 33.3 Å². The van der Waals surface area contributed by atoms with Crippen molar-refractivity contribution in [3.05, 3.63) is 63.2 Å². The third kappa shape index (κ3) is 6.23. The normalized spacial score (nSPS) is 18.4. The van der Waals surface area contributed by atoms with Gasteiger partial charge in [0.25, 0.3) is 11.6 Å². The van der Waals surface area contributed by atoms with Gasteiger partial charge in [0.1, 0.15) is 6.04 Å². The number of benzene rings is 2. The number of rotatable bonds is 7. The third-order valence-electron chi connectivity index (χ3n) is 5.73. The molecule has 0 spiro atoms. The van der Waals surface area contributed by atoms with E-state index in [0.717, 1.165) is 15.9 Å². The summed E-state index contributed by atoms with van der Waals surface area (Å²) in [4.78, 5) is 34.5. The minimum Gasteiger partial charge on any atom is -0.454 e. The average molecular weight is 545 g/mol. The SMILES string of the molecule is Cc1ccc(S(=O)(=O)N2C[C@@H](O)C[C@@H]2C(=O)OCC(=O)Nc2ccc([N+](=O)[O-])cc2C(F)(F)F)cc1C. The number of nitrogens with one attached hydrogen (secondary N) is 1.